The number of imide groups is 1. The molecule has 18 nitrogen and oxygen atoms in total. The van der Waals surface area contributed by atoms with E-state index in [1.165, 1.54) is 0 Å². The fraction of sp³-hybridized carbons (Fsp3) is 0.469. The van der Waals surface area contributed by atoms with Crippen molar-refractivity contribution in [2.75, 3.05) is 96.8 Å². The van der Waals surface area contributed by atoms with Crippen LogP contribution in [0.1, 0.15) is 64.4 Å². The van der Waals surface area contributed by atoms with Gasteiger partial charge < -0.3 is 49.3 Å². The predicted molar refractivity (Wildman–Crippen MR) is 251 cm³/mol. The number of piperidine rings is 2. The van der Waals surface area contributed by atoms with Gasteiger partial charge in [-0.1, -0.05) is 24.3 Å². The first-order valence-corrected chi connectivity index (χ1v) is 24.3. The number of hydrogen-bond acceptors (Lipinski definition) is 14. The molecule has 0 aliphatic carbocycles. The summed E-state index contributed by atoms with van der Waals surface area (Å²) < 4.78 is 36.1. The van der Waals surface area contributed by atoms with Gasteiger partial charge in [-0.15, -0.1) is 11.8 Å². The number of nitrogens with two attached hydrogens (primary N) is 1. The molecule has 4 aliphatic heterocycles. The van der Waals surface area contributed by atoms with Crippen LogP contribution in [0.5, 0.6) is 11.5 Å². The Morgan fingerprint density at radius 1 is 0.750 bits per heavy atom. The van der Waals surface area contributed by atoms with E-state index in [9.17, 15) is 24.0 Å². The van der Waals surface area contributed by atoms with Gasteiger partial charge in [0, 0.05) is 54.4 Å². The van der Waals surface area contributed by atoms with Crippen LogP contribution in [0, 0.1) is 5.92 Å². The number of carbonyl (C=O) groups is 5. The Balaban J connectivity index is 0.640. The van der Waals surface area contributed by atoms with E-state index in [1.54, 1.807) is 22.7 Å². The zero-order valence-corrected chi connectivity index (χ0v) is 38.9. The fourth-order valence-corrected chi connectivity index (χ4v) is 9.99. The Kier molecular flexibility index (Phi) is 17.1. The Morgan fingerprint density at radius 3 is 2.09 bits per heavy atom. The summed E-state index contributed by atoms with van der Waals surface area (Å²) in [4.78, 5) is 67.2. The van der Waals surface area contributed by atoms with Crippen LogP contribution < -0.4 is 21.1 Å². The van der Waals surface area contributed by atoms with E-state index in [0.29, 0.717) is 126 Å². The van der Waals surface area contributed by atoms with E-state index in [4.69, 9.17) is 39.3 Å². The summed E-state index contributed by atoms with van der Waals surface area (Å²) >= 11 is 1.60. The average molecular weight is 954 g/mol. The minimum atomic E-state index is -0.635. The minimum Gasteiger partial charge on any atom is -0.457 e. The molecule has 0 bridgehead atoms. The second-order valence-electron chi connectivity index (χ2n) is 16.9. The van der Waals surface area contributed by atoms with Crippen molar-refractivity contribution in [1.29, 1.82) is 0 Å². The number of fused-ring (bicyclic) bond motifs is 2. The number of hydrogen-bond donors (Lipinski definition) is 3. The van der Waals surface area contributed by atoms with Crippen molar-refractivity contribution in [1.82, 2.24) is 24.9 Å². The van der Waals surface area contributed by atoms with Gasteiger partial charge in [-0.05, 0) is 85.7 Å². The molecular weight excluding hydrogens is 895 g/mol. The molecule has 2 saturated heterocycles. The number of likely N-dealkylation sites (tertiary alicyclic amines) is 1. The molecule has 0 spiro atoms. The lowest BCUT2D eigenvalue weighted by Crippen LogP contribution is -2.52. The first kappa shape index (κ1) is 48.6. The van der Waals surface area contributed by atoms with Crippen molar-refractivity contribution < 1.29 is 52.4 Å². The number of nitrogens with one attached hydrogen (secondary N) is 2. The van der Waals surface area contributed by atoms with Crippen molar-refractivity contribution in [3.05, 3.63) is 89.5 Å². The Bertz CT molecular complexity index is 2380. The van der Waals surface area contributed by atoms with Crippen LogP contribution in [0.25, 0.3) is 11.3 Å². The summed E-state index contributed by atoms with van der Waals surface area (Å²) in [5.41, 5.74) is 9.12. The molecule has 4 N–H and O–H groups in total. The number of amides is 5. The summed E-state index contributed by atoms with van der Waals surface area (Å²) in [6, 6.07) is 22.0. The highest BCUT2D eigenvalue weighted by Gasteiger charge is 2.40. The van der Waals surface area contributed by atoms with Crippen LogP contribution in [0.3, 0.4) is 0 Å². The summed E-state index contributed by atoms with van der Waals surface area (Å²) in [5.74, 6) is 1.52. The molecule has 1 aromatic heterocycles. The van der Waals surface area contributed by atoms with Crippen LogP contribution in [0.2, 0.25) is 0 Å². The number of aromatic nitrogens is 2. The molecule has 5 heterocycles. The number of rotatable bonds is 24. The largest absolute Gasteiger partial charge is 0.457 e. The second kappa shape index (κ2) is 23.9. The lowest BCUT2D eigenvalue weighted by Gasteiger charge is -2.38. The number of primary amides is 1. The summed E-state index contributed by atoms with van der Waals surface area (Å²) in [5, 5.41) is 10.7. The van der Waals surface area contributed by atoms with Crippen LogP contribution in [0.4, 0.5) is 5.82 Å². The van der Waals surface area contributed by atoms with Gasteiger partial charge in [0.15, 0.2) is 0 Å². The molecule has 362 valence electrons. The number of benzene rings is 3. The molecule has 68 heavy (non-hydrogen) atoms. The smallest absolute Gasteiger partial charge is 0.255 e. The SMILES string of the molecule is NC(=O)c1c(-c2ccc(Oc3ccccc3)cc2)nn2c1NCCC2C1CCN(C(=O)COCCOCCOCCOCCOCCSc2cccc3c2CN(C2CCC(=O)NC2=O)C3=O)CC1. The maximum Gasteiger partial charge on any atom is 0.255 e. The van der Waals surface area contributed by atoms with E-state index in [2.05, 4.69) is 10.6 Å². The van der Waals surface area contributed by atoms with E-state index in [-0.39, 0.29) is 42.7 Å². The predicted octanol–water partition coefficient (Wildman–Crippen LogP) is 4.67. The number of carbonyl (C=O) groups excluding carboxylic acids is 5. The fourth-order valence-electron chi connectivity index (χ4n) is 9.05. The molecule has 0 radical (unpaired) electrons. The second-order valence-corrected chi connectivity index (χ2v) is 18.0. The zero-order chi connectivity index (χ0) is 47.2. The molecule has 3 aromatic carbocycles. The number of nitrogens with zero attached hydrogens (tertiary/aromatic N) is 4. The highest BCUT2D eigenvalue weighted by atomic mass is 32.2. The van der Waals surface area contributed by atoms with Crippen LogP contribution in [-0.2, 0) is 44.6 Å². The van der Waals surface area contributed by atoms with Crippen molar-refractivity contribution in [3.8, 4) is 22.8 Å². The maximum atomic E-state index is 13.1. The van der Waals surface area contributed by atoms with E-state index >= 15 is 0 Å². The monoisotopic (exact) mass is 953 g/mol. The van der Waals surface area contributed by atoms with E-state index in [0.717, 1.165) is 41.0 Å². The van der Waals surface area contributed by atoms with E-state index in [1.807, 2.05) is 76.3 Å². The molecule has 4 aromatic rings. The molecule has 8 rings (SSSR count). The molecule has 2 atom stereocenters. The first-order chi connectivity index (χ1) is 33.2. The van der Waals surface area contributed by atoms with E-state index < -0.39 is 17.9 Å². The van der Waals surface area contributed by atoms with Crippen molar-refractivity contribution in [3.63, 3.8) is 0 Å². The molecule has 5 amide bonds. The topological polar surface area (TPSA) is 215 Å². The van der Waals surface area contributed by atoms with Crippen molar-refractivity contribution in [2.45, 2.75) is 55.6 Å². The van der Waals surface area contributed by atoms with Gasteiger partial charge in [-0.25, -0.2) is 4.68 Å². The molecule has 4 aliphatic rings. The summed E-state index contributed by atoms with van der Waals surface area (Å²) in [6.07, 6.45) is 3.02. The normalized spacial score (nSPS) is 18.3. The third kappa shape index (κ3) is 12.2. The first-order valence-electron chi connectivity index (χ1n) is 23.3. The third-order valence-electron chi connectivity index (χ3n) is 12.5. The summed E-state index contributed by atoms with van der Waals surface area (Å²) in [7, 11) is 0. The quantitative estimate of drug-likeness (QED) is 0.0495. The summed E-state index contributed by atoms with van der Waals surface area (Å²) in [6.45, 7) is 5.94. The minimum absolute atomic E-state index is 0.00835. The van der Waals surface area contributed by atoms with Crippen LogP contribution in [-0.4, -0.2) is 147 Å². The lowest BCUT2D eigenvalue weighted by atomic mass is 9.87. The van der Waals surface area contributed by atoms with Gasteiger partial charge in [0.05, 0.1) is 65.5 Å². The van der Waals surface area contributed by atoms with Crippen LogP contribution in [0.15, 0.2) is 77.7 Å². The number of anilines is 1. The molecule has 2 fully saturated rings. The van der Waals surface area contributed by atoms with Gasteiger partial charge >= 0.3 is 0 Å². The van der Waals surface area contributed by atoms with Crippen molar-refractivity contribution >= 4 is 47.1 Å². The molecule has 0 saturated carbocycles. The highest BCUT2D eigenvalue weighted by Crippen LogP contribution is 2.40. The van der Waals surface area contributed by atoms with Crippen molar-refractivity contribution in [2.24, 2.45) is 11.7 Å². The number of ether oxygens (including phenoxy) is 6. The van der Waals surface area contributed by atoms with Gasteiger partial charge in [0.25, 0.3) is 11.8 Å². The third-order valence-corrected chi connectivity index (χ3v) is 13.5. The maximum absolute atomic E-state index is 13.1. The lowest BCUT2D eigenvalue weighted by molar-refractivity contribution is -0.138. The van der Waals surface area contributed by atoms with Gasteiger partial charge in [-0.2, -0.15) is 5.10 Å². The number of thioether (sulfide) groups is 1. The standard InChI is InChI=1S/C49H59N7O11S/c50-46(59)44-45(34-9-11-36(12-10-34)67-35-5-2-1-3-6-35)53-56-39(15-18-51-47(44)56)33-16-19-54(20-17-33)43(58)32-66-28-27-64-24-23-62-21-22-63-25-26-65-29-30-68-41-8-4-7-37-38(41)31-55(49(37)61)40-13-14-42(57)52-48(40)60/h1-12,33,39-40,51H,13-32H2,(H2,50,59)(H,52,57,60). The van der Waals surface area contributed by atoms with Gasteiger partial charge in [0.1, 0.15) is 41.2 Å². The van der Waals surface area contributed by atoms with Gasteiger partial charge in [-0.3, -0.25) is 29.3 Å². The number of para-hydroxylation sites is 1. The Hall–Kier alpha value is -5.83. The van der Waals surface area contributed by atoms with Gasteiger partial charge in [0.2, 0.25) is 17.7 Å². The average Bonchev–Trinajstić information content (AvgIpc) is 3.91. The van der Waals surface area contributed by atoms with Crippen LogP contribution >= 0.6 is 11.8 Å². The molecule has 19 heteroatoms. The zero-order valence-electron chi connectivity index (χ0n) is 38.1. The molecular formula is C49H59N7O11S. The Labute approximate surface area is 399 Å². The highest BCUT2D eigenvalue weighted by molar-refractivity contribution is 7.99. The Morgan fingerprint density at radius 2 is 1.41 bits per heavy atom. The molecule has 2 unspecified atom stereocenters.